The van der Waals surface area contributed by atoms with Crippen molar-refractivity contribution in [3.8, 4) is 0 Å². The van der Waals surface area contributed by atoms with Gasteiger partial charge in [-0.05, 0) is 24.0 Å². The second kappa shape index (κ2) is 3.98. The zero-order chi connectivity index (χ0) is 12.6. The molecular formula is C12H15F2N3. The minimum Gasteiger partial charge on any atom is -0.370 e. The third-order valence-corrected chi connectivity index (χ3v) is 2.95. The van der Waals surface area contributed by atoms with Crippen molar-refractivity contribution >= 4 is 11.6 Å². The standard InChI is InChI=1S/C12H15F2N3/c1-12(2)6-10(12)17-11(15)16-9-5-7(13)3-4-8(9)14/h3-5,10H,6H2,1-2H3,(H3,15,16,17). The maximum atomic E-state index is 13.3. The first-order valence-corrected chi connectivity index (χ1v) is 5.44. The normalized spacial score (nSPS) is 22.4. The van der Waals surface area contributed by atoms with Gasteiger partial charge >= 0.3 is 0 Å². The quantitative estimate of drug-likeness (QED) is 0.615. The molecule has 0 amide bonds. The monoisotopic (exact) mass is 239 g/mol. The molecule has 0 aliphatic heterocycles. The number of anilines is 1. The van der Waals surface area contributed by atoms with Crippen molar-refractivity contribution in [2.45, 2.75) is 26.3 Å². The third-order valence-electron chi connectivity index (χ3n) is 2.95. The summed E-state index contributed by atoms with van der Waals surface area (Å²) in [6.07, 6.45) is 0.959. The third kappa shape index (κ3) is 2.72. The van der Waals surface area contributed by atoms with E-state index in [-0.39, 0.29) is 23.1 Å². The first kappa shape index (κ1) is 11.8. The van der Waals surface area contributed by atoms with Gasteiger partial charge in [-0.3, -0.25) is 0 Å². The highest BCUT2D eigenvalue weighted by Gasteiger charge is 2.45. The Morgan fingerprint density at radius 2 is 2.12 bits per heavy atom. The van der Waals surface area contributed by atoms with Crippen molar-refractivity contribution in [2.75, 3.05) is 5.32 Å². The Labute approximate surface area is 98.7 Å². The van der Waals surface area contributed by atoms with E-state index >= 15 is 0 Å². The topological polar surface area (TPSA) is 50.4 Å². The highest BCUT2D eigenvalue weighted by atomic mass is 19.1. The molecule has 1 aliphatic carbocycles. The predicted octanol–water partition coefficient (Wildman–Crippen LogP) is 2.49. The smallest absolute Gasteiger partial charge is 0.193 e. The Bertz CT molecular complexity index is 469. The van der Waals surface area contributed by atoms with Crippen LogP contribution >= 0.6 is 0 Å². The second-order valence-electron chi connectivity index (χ2n) is 4.97. The zero-order valence-electron chi connectivity index (χ0n) is 9.80. The molecule has 1 fully saturated rings. The van der Waals surface area contributed by atoms with Crippen LogP contribution in [-0.2, 0) is 0 Å². The Hall–Kier alpha value is -1.65. The zero-order valence-corrected chi connectivity index (χ0v) is 9.80. The van der Waals surface area contributed by atoms with Gasteiger partial charge in [0.1, 0.15) is 11.6 Å². The lowest BCUT2D eigenvalue weighted by Gasteiger charge is -2.07. The molecule has 1 aromatic carbocycles. The number of nitrogens with two attached hydrogens (primary N) is 1. The van der Waals surface area contributed by atoms with Crippen LogP contribution in [0.2, 0.25) is 0 Å². The summed E-state index contributed by atoms with van der Waals surface area (Å²) in [4.78, 5) is 4.20. The molecule has 0 aromatic heterocycles. The minimum atomic E-state index is -0.556. The fourth-order valence-electron chi connectivity index (χ4n) is 1.59. The van der Waals surface area contributed by atoms with E-state index < -0.39 is 11.6 Å². The Morgan fingerprint density at radius 1 is 1.47 bits per heavy atom. The van der Waals surface area contributed by atoms with Gasteiger partial charge in [-0.2, -0.15) is 0 Å². The molecule has 0 heterocycles. The number of benzene rings is 1. The fraction of sp³-hybridized carbons (Fsp3) is 0.417. The van der Waals surface area contributed by atoms with E-state index in [1.807, 2.05) is 0 Å². The number of hydrogen-bond acceptors (Lipinski definition) is 1. The first-order valence-electron chi connectivity index (χ1n) is 5.44. The van der Waals surface area contributed by atoms with Gasteiger partial charge in [0.15, 0.2) is 5.96 Å². The lowest BCUT2D eigenvalue weighted by atomic mass is 10.2. The summed E-state index contributed by atoms with van der Waals surface area (Å²) in [5.41, 5.74) is 5.80. The van der Waals surface area contributed by atoms with Crippen molar-refractivity contribution in [2.24, 2.45) is 16.1 Å². The number of rotatable bonds is 2. The summed E-state index contributed by atoms with van der Waals surface area (Å²) in [5.74, 6) is -0.960. The van der Waals surface area contributed by atoms with E-state index in [1.165, 1.54) is 0 Å². The molecule has 0 saturated heterocycles. The van der Waals surface area contributed by atoms with E-state index in [9.17, 15) is 8.78 Å². The van der Waals surface area contributed by atoms with Crippen LogP contribution in [0.4, 0.5) is 14.5 Å². The van der Waals surface area contributed by atoms with Crippen molar-refractivity contribution in [1.29, 1.82) is 0 Å². The maximum absolute atomic E-state index is 13.3. The van der Waals surface area contributed by atoms with E-state index in [0.717, 1.165) is 24.6 Å². The van der Waals surface area contributed by atoms with Gasteiger partial charge in [0.25, 0.3) is 0 Å². The number of halogens is 2. The SMILES string of the molecule is CC1(C)CC1N=C(N)Nc1cc(F)ccc1F. The Kier molecular flexibility index (Phi) is 2.77. The van der Waals surface area contributed by atoms with Crippen molar-refractivity contribution in [1.82, 2.24) is 0 Å². The summed E-state index contributed by atoms with van der Waals surface area (Å²) < 4.78 is 26.2. The molecule has 1 atom stereocenters. The summed E-state index contributed by atoms with van der Waals surface area (Å²) in [7, 11) is 0. The molecule has 3 N–H and O–H groups in total. The molecule has 17 heavy (non-hydrogen) atoms. The van der Waals surface area contributed by atoms with Crippen molar-refractivity contribution in [3.05, 3.63) is 29.8 Å². The Balaban J connectivity index is 2.08. The van der Waals surface area contributed by atoms with E-state index in [4.69, 9.17) is 5.73 Å². The molecule has 1 aromatic rings. The van der Waals surface area contributed by atoms with Crippen LogP contribution in [-0.4, -0.2) is 12.0 Å². The van der Waals surface area contributed by atoms with Gasteiger partial charge < -0.3 is 11.1 Å². The summed E-state index contributed by atoms with van der Waals surface area (Å²) in [6.45, 7) is 4.16. The molecular weight excluding hydrogens is 224 g/mol. The van der Waals surface area contributed by atoms with E-state index in [0.29, 0.717) is 0 Å². The summed E-state index contributed by atoms with van der Waals surface area (Å²) in [6, 6.07) is 3.31. The first-order chi connectivity index (χ1) is 7.88. The number of guanidine groups is 1. The molecule has 3 nitrogen and oxygen atoms in total. The van der Waals surface area contributed by atoms with Crippen molar-refractivity contribution in [3.63, 3.8) is 0 Å². The highest BCUT2D eigenvalue weighted by Crippen LogP contribution is 2.47. The molecule has 1 aliphatic rings. The van der Waals surface area contributed by atoms with Crippen LogP contribution in [0, 0.1) is 17.0 Å². The van der Waals surface area contributed by atoms with E-state index in [1.54, 1.807) is 0 Å². The Morgan fingerprint density at radius 3 is 2.71 bits per heavy atom. The number of hydrogen-bond donors (Lipinski definition) is 2. The van der Waals surface area contributed by atoms with Crippen LogP contribution < -0.4 is 11.1 Å². The molecule has 5 heteroatoms. The molecule has 0 radical (unpaired) electrons. The molecule has 0 bridgehead atoms. The van der Waals surface area contributed by atoms with Gasteiger partial charge in [0.2, 0.25) is 0 Å². The molecule has 1 unspecified atom stereocenters. The fourth-order valence-corrected chi connectivity index (χ4v) is 1.59. The summed E-state index contributed by atoms with van der Waals surface area (Å²) in [5, 5.41) is 2.57. The van der Waals surface area contributed by atoms with Gasteiger partial charge in [-0.1, -0.05) is 13.8 Å². The average molecular weight is 239 g/mol. The molecule has 0 spiro atoms. The van der Waals surface area contributed by atoms with Gasteiger partial charge in [0.05, 0.1) is 11.7 Å². The van der Waals surface area contributed by atoms with Gasteiger partial charge in [-0.25, -0.2) is 13.8 Å². The number of nitrogens with one attached hydrogen (secondary N) is 1. The van der Waals surface area contributed by atoms with Crippen LogP contribution in [0.15, 0.2) is 23.2 Å². The van der Waals surface area contributed by atoms with Crippen LogP contribution in [0.3, 0.4) is 0 Å². The second-order valence-corrected chi connectivity index (χ2v) is 4.97. The number of nitrogens with zero attached hydrogens (tertiary/aromatic N) is 1. The molecule has 92 valence electrons. The van der Waals surface area contributed by atoms with Crippen LogP contribution in [0.5, 0.6) is 0 Å². The maximum Gasteiger partial charge on any atom is 0.193 e. The molecule has 1 saturated carbocycles. The average Bonchev–Trinajstić information content (AvgIpc) is 2.79. The summed E-state index contributed by atoms with van der Waals surface area (Å²) >= 11 is 0. The van der Waals surface area contributed by atoms with Gasteiger partial charge in [-0.15, -0.1) is 0 Å². The van der Waals surface area contributed by atoms with Crippen LogP contribution in [0.25, 0.3) is 0 Å². The lowest BCUT2D eigenvalue weighted by Crippen LogP contribution is -2.24. The highest BCUT2D eigenvalue weighted by molar-refractivity contribution is 5.92. The largest absolute Gasteiger partial charge is 0.370 e. The minimum absolute atomic E-state index is 0.00436. The predicted molar refractivity (Wildman–Crippen MR) is 63.8 cm³/mol. The number of aliphatic imine (C=N–C) groups is 1. The van der Waals surface area contributed by atoms with Crippen LogP contribution in [0.1, 0.15) is 20.3 Å². The van der Waals surface area contributed by atoms with Gasteiger partial charge in [0, 0.05) is 6.07 Å². The van der Waals surface area contributed by atoms with Crippen molar-refractivity contribution < 1.29 is 8.78 Å². The van der Waals surface area contributed by atoms with E-state index in [2.05, 4.69) is 24.2 Å². The molecule has 2 rings (SSSR count). The lowest BCUT2D eigenvalue weighted by molar-refractivity contribution is 0.603.